The fraction of sp³-hybridized carbons (Fsp3) is 0.438. The minimum Gasteiger partial charge on any atom is -0.496 e. The summed E-state index contributed by atoms with van der Waals surface area (Å²) in [5.74, 6) is 0.816. The Morgan fingerprint density at radius 3 is 2.74 bits per heavy atom. The molecule has 0 radical (unpaired) electrons. The van der Waals surface area contributed by atoms with Crippen LogP contribution in [0, 0.1) is 6.92 Å². The Balaban J connectivity index is 1.56. The van der Waals surface area contributed by atoms with E-state index in [-0.39, 0.29) is 6.03 Å². The molecule has 1 aliphatic heterocycles. The normalized spacial score (nSPS) is 15.5. The number of methoxy groups -OCH3 is 1. The van der Waals surface area contributed by atoms with Crippen LogP contribution < -0.4 is 10.1 Å². The van der Waals surface area contributed by atoms with Crippen LogP contribution >= 0.6 is 0 Å². The fourth-order valence-electron chi connectivity index (χ4n) is 2.90. The summed E-state index contributed by atoms with van der Waals surface area (Å²) >= 11 is 0. The van der Waals surface area contributed by atoms with Crippen LogP contribution in [0.1, 0.15) is 24.4 Å². The van der Waals surface area contributed by atoms with Gasteiger partial charge in [-0.05, 0) is 43.5 Å². The summed E-state index contributed by atoms with van der Waals surface area (Å²) in [6.07, 6.45) is 5.06. The van der Waals surface area contributed by atoms with Crippen molar-refractivity contribution in [1.82, 2.24) is 19.7 Å². The number of hydrogen-bond acceptors (Lipinski definition) is 4. The topological polar surface area (TPSA) is 72.3 Å². The number of aryl methyl sites for hydroxylation is 1. The van der Waals surface area contributed by atoms with E-state index < -0.39 is 0 Å². The first kappa shape index (κ1) is 15.3. The zero-order chi connectivity index (χ0) is 16.2. The second-order valence-electron chi connectivity index (χ2n) is 5.71. The molecule has 1 fully saturated rings. The Bertz CT molecular complexity index is 663. The highest BCUT2D eigenvalue weighted by Crippen LogP contribution is 2.24. The van der Waals surface area contributed by atoms with Gasteiger partial charge in [-0.2, -0.15) is 5.10 Å². The van der Waals surface area contributed by atoms with Gasteiger partial charge >= 0.3 is 6.03 Å². The number of nitrogens with zero attached hydrogens (tertiary/aromatic N) is 4. The van der Waals surface area contributed by atoms with Gasteiger partial charge in [-0.25, -0.2) is 14.5 Å². The van der Waals surface area contributed by atoms with Crippen LogP contribution in [0.25, 0.3) is 0 Å². The first-order valence-electron chi connectivity index (χ1n) is 7.72. The number of benzene rings is 1. The molecule has 0 unspecified atom stereocenters. The minimum atomic E-state index is -0.0633. The van der Waals surface area contributed by atoms with Gasteiger partial charge in [-0.15, -0.1) is 0 Å². The molecule has 1 N–H and O–H groups in total. The smallest absolute Gasteiger partial charge is 0.321 e. The Morgan fingerprint density at radius 2 is 2.13 bits per heavy atom. The molecule has 1 aromatic heterocycles. The van der Waals surface area contributed by atoms with Crippen LogP contribution in [0.2, 0.25) is 0 Å². The number of hydrogen-bond donors (Lipinski definition) is 1. The maximum absolute atomic E-state index is 12.4. The van der Waals surface area contributed by atoms with Crippen molar-refractivity contribution in [3.05, 3.63) is 36.4 Å². The molecule has 122 valence electrons. The molecule has 1 aromatic carbocycles. The molecule has 2 aromatic rings. The van der Waals surface area contributed by atoms with Crippen LogP contribution in [0.5, 0.6) is 5.75 Å². The number of amides is 2. The molecule has 2 amide bonds. The molecule has 3 rings (SSSR count). The highest BCUT2D eigenvalue weighted by atomic mass is 16.5. The van der Waals surface area contributed by atoms with Crippen molar-refractivity contribution in [2.75, 3.05) is 25.5 Å². The average molecular weight is 315 g/mol. The average Bonchev–Trinajstić information content (AvgIpc) is 3.09. The van der Waals surface area contributed by atoms with E-state index >= 15 is 0 Å². The zero-order valence-corrected chi connectivity index (χ0v) is 13.4. The SMILES string of the molecule is COc1ccc(NC(=O)N2CCC(n3cncn3)CC2)cc1C. The van der Waals surface area contributed by atoms with Gasteiger partial charge in [0.2, 0.25) is 0 Å². The van der Waals surface area contributed by atoms with E-state index in [9.17, 15) is 4.79 Å². The summed E-state index contributed by atoms with van der Waals surface area (Å²) in [4.78, 5) is 18.2. The van der Waals surface area contributed by atoms with E-state index in [0.29, 0.717) is 19.1 Å². The van der Waals surface area contributed by atoms with E-state index in [1.54, 1.807) is 19.8 Å². The van der Waals surface area contributed by atoms with Crippen LogP contribution in [-0.4, -0.2) is 45.9 Å². The summed E-state index contributed by atoms with van der Waals surface area (Å²) in [6.45, 7) is 3.38. The number of ether oxygens (including phenoxy) is 1. The van der Waals surface area contributed by atoms with Gasteiger partial charge in [0, 0.05) is 18.8 Å². The molecule has 0 spiro atoms. The number of piperidine rings is 1. The molecular weight excluding hydrogens is 294 g/mol. The number of carbonyl (C=O) groups is 1. The lowest BCUT2D eigenvalue weighted by Crippen LogP contribution is -2.41. The standard InChI is InChI=1S/C16H21N5O2/c1-12-9-13(3-4-15(12)23-2)19-16(22)20-7-5-14(6-8-20)21-11-17-10-18-21/h3-4,9-11,14H,5-8H2,1-2H3,(H,19,22). The summed E-state index contributed by atoms with van der Waals surface area (Å²) in [5, 5.41) is 7.13. The van der Waals surface area contributed by atoms with Gasteiger partial charge in [-0.3, -0.25) is 0 Å². The Kier molecular flexibility index (Phi) is 4.45. The molecule has 23 heavy (non-hydrogen) atoms. The molecule has 0 saturated carbocycles. The van der Waals surface area contributed by atoms with Gasteiger partial charge in [0.25, 0.3) is 0 Å². The van der Waals surface area contributed by atoms with Crippen molar-refractivity contribution in [3.8, 4) is 5.75 Å². The van der Waals surface area contributed by atoms with Gasteiger partial charge in [0.05, 0.1) is 13.2 Å². The van der Waals surface area contributed by atoms with E-state index in [1.807, 2.05) is 34.7 Å². The number of carbonyl (C=O) groups excluding carboxylic acids is 1. The highest BCUT2D eigenvalue weighted by molar-refractivity contribution is 5.89. The Labute approximate surface area is 135 Å². The number of anilines is 1. The van der Waals surface area contributed by atoms with E-state index in [0.717, 1.165) is 29.8 Å². The maximum atomic E-state index is 12.4. The molecule has 1 saturated heterocycles. The number of aromatic nitrogens is 3. The monoisotopic (exact) mass is 315 g/mol. The summed E-state index contributed by atoms with van der Waals surface area (Å²) in [5.41, 5.74) is 1.78. The van der Waals surface area contributed by atoms with Crippen LogP contribution in [0.4, 0.5) is 10.5 Å². The van der Waals surface area contributed by atoms with Gasteiger partial charge < -0.3 is 15.0 Å². The lowest BCUT2D eigenvalue weighted by atomic mass is 10.1. The third-order valence-corrected chi connectivity index (χ3v) is 4.21. The number of rotatable bonds is 3. The third-order valence-electron chi connectivity index (χ3n) is 4.21. The summed E-state index contributed by atoms with van der Waals surface area (Å²) < 4.78 is 7.11. The zero-order valence-electron chi connectivity index (χ0n) is 13.4. The van der Waals surface area contributed by atoms with Crippen molar-refractivity contribution in [1.29, 1.82) is 0 Å². The van der Waals surface area contributed by atoms with Crippen molar-refractivity contribution >= 4 is 11.7 Å². The molecule has 7 heteroatoms. The third kappa shape index (κ3) is 3.44. The Hall–Kier alpha value is -2.57. The first-order chi connectivity index (χ1) is 11.2. The predicted octanol–water partition coefficient (Wildman–Crippen LogP) is 2.46. The fourth-order valence-corrected chi connectivity index (χ4v) is 2.90. The molecule has 2 heterocycles. The molecule has 0 atom stereocenters. The second-order valence-corrected chi connectivity index (χ2v) is 5.71. The van der Waals surface area contributed by atoms with Gasteiger partial charge in [0.1, 0.15) is 18.4 Å². The van der Waals surface area contributed by atoms with Gasteiger partial charge in [-0.1, -0.05) is 0 Å². The van der Waals surface area contributed by atoms with Crippen LogP contribution in [-0.2, 0) is 0 Å². The molecular formula is C16H21N5O2. The molecule has 1 aliphatic rings. The summed E-state index contributed by atoms with van der Waals surface area (Å²) in [6, 6.07) is 5.89. The largest absolute Gasteiger partial charge is 0.496 e. The summed E-state index contributed by atoms with van der Waals surface area (Å²) in [7, 11) is 1.64. The number of nitrogens with one attached hydrogen (secondary N) is 1. The quantitative estimate of drug-likeness (QED) is 0.944. The Morgan fingerprint density at radius 1 is 1.35 bits per heavy atom. The van der Waals surface area contributed by atoms with Crippen LogP contribution in [0.15, 0.2) is 30.9 Å². The number of urea groups is 1. The number of likely N-dealkylation sites (tertiary alicyclic amines) is 1. The lowest BCUT2D eigenvalue weighted by molar-refractivity contribution is 0.180. The maximum Gasteiger partial charge on any atom is 0.321 e. The van der Waals surface area contributed by atoms with Gasteiger partial charge in [0.15, 0.2) is 0 Å². The van der Waals surface area contributed by atoms with Crippen molar-refractivity contribution in [2.24, 2.45) is 0 Å². The van der Waals surface area contributed by atoms with Crippen molar-refractivity contribution < 1.29 is 9.53 Å². The lowest BCUT2D eigenvalue weighted by Gasteiger charge is -2.31. The van der Waals surface area contributed by atoms with Crippen molar-refractivity contribution in [2.45, 2.75) is 25.8 Å². The minimum absolute atomic E-state index is 0.0633. The molecule has 7 nitrogen and oxygen atoms in total. The highest BCUT2D eigenvalue weighted by Gasteiger charge is 2.24. The van der Waals surface area contributed by atoms with Crippen molar-refractivity contribution in [3.63, 3.8) is 0 Å². The molecule has 0 aliphatic carbocycles. The van der Waals surface area contributed by atoms with E-state index in [4.69, 9.17) is 4.74 Å². The van der Waals surface area contributed by atoms with Crippen LogP contribution in [0.3, 0.4) is 0 Å². The predicted molar refractivity (Wildman–Crippen MR) is 86.6 cm³/mol. The molecule has 0 bridgehead atoms. The van der Waals surface area contributed by atoms with E-state index in [2.05, 4.69) is 15.4 Å². The second kappa shape index (κ2) is 6.68. The first-order valence-corrected chi connectivity index (χ1v) is 7.72. The van der Waals surface area contributed by atoms with E-state index in [1.165, 1.54) is 0 Å².